The van der Waals surface area contributed by atoms with Crippen LogP contribution in [-0.2, 0) is 0 Å². The van der Waals surface area contributed by atoms with E-state index in [1.165, 1.54) is 42.6 Å². The Morgan fingerprint density at radius 3 is 1.60 bits per heavy atom. The molecule has 3 atom stereocenters. The van der Waals surface area contributed by atoms with Crippen LogP contribution in [0.3, 0.4) is 0 Å². The van der Waals surface area contributed by atoms with E-state index in [0.717, 1.165) is 0 Å². The summed E-state index contributed by atoms with van der Waals surface area (Å²) in [4.78, 5) is 0. The summed E-state index contributed by atoms with van der Waals surface area (Å²) in [6.07, 6.45) is 0. The second-order valence-electron chi connectivity index (χ2n) is 4.97. The van der Waals surface area contributed by atoms with Gasteiger partial charge in [-0.2, -0.15) is 0 Å². The predicted molar refractivity (Wildman–Crippen MR) is 108 cm³/mol. The minimum atomic E-state index is 1.17. The third kappa shape index (κ3) is 4.89. The molecule has 0 aliphatic heterocycles. The maximum Gasteiger partial charge on any atom is 0.0249 e. The summed E-state index contributed by atoms with van der Waals surface area (Å²) in [5.41, 5.74) is 5.40. The van der Waals surface area contributed by atoms with Gasteiger partial charge >= 0.3 is 0 Å². The maximum atomic E-state index is 3.46. The standard InChI is InChI=1S/C8H10BrP.C8H12P2/c1-5-3-4-7(9)8(10)6(5)2;1-5-3-7(9)8(10)4-6(5)2/h3-4H,10H2,1-2H3;3-4H,9-10H2,1-2H3. The Morgan fingerprint density at radius 2 is 1.20 bits per heavy atom. The lowest BCUT2D eigenvalue weighted by molar-refractivity contribution is 1.36. The van der Waals surface area contributed by atoms with Crippen LogP contribution in [0.4, 0.5) is 0 Å². The highest BCUT2D eigenvalue weighted by Crippen LogP contribution is 2.15. The van der Waals surface area contributed by atoms with Crippen molar-refractivity contribution in [1.82, 2.24) is 0 Å². The molecule has 20 heavy (non-hydrogen) atoms. The van der Waals surface area contributed by atoms with Crippen LogP contribution in [0.25, 0.3) is 0 Å². The highest BCUT2D eigenvalue weighted by molar-refractivity contribution is 9.10. The van der Waals surface area contributed by atoms with E-state index in [1.54, 1.807) is 0 Å². The van der Waals surface area contributed by atoms with Crippen molar-refractivity contribution < 1.29 is 0 Å². The Labute approximate surface area is 138 Å². The lowest BCUT2D eigenvalue weighted by atomic mass is 10.1. The minimum Gasteiger partial charge on any atom is -0.105 e. The van der Waals surface area contributed by atoms with E-state index in [-0.39, 0.29) is 0 Å². The summed E-state index contributed by atoms with van der Waals surface area (Å²) in [6, 6.07) is 8.56. The van der Waals surface area contributed by atoms with Gasteiger partial charge in [0.1, 0.15) is 0 Å². The average molecular weight is 387 g/mol. The van der Waals surface area contributed by atoms with Gasteiger partial charge in [0.25, 0.3) is 0 Å². The molecule has 0 aromatic heterocycles. The quantitative estimate of drug-likeness (QED) is 0.603. The highest BCUT2D eigenvalue weighted by atomic mass is 79.9. The van der Waals surface area contributed by atoms with E-state index in [1.807, 2.05) is 0 Å². The monoisotopic (exact) mass is 386 g/mol. The lowest BCUT2D eigenvalue weighted by Gasteiger charge is -2.04. The van der Waals surface area contributed by atoms with E-state index in [4.69, 9.17) is 0 Å². The summed E-state index contributed by atoms with van der Waals surface area (Å²) in [6.45, 7) is 8.51. The SMILES string of the molecule is Cc1cc(P)c(P)cc1C.Cc1ccc(Br)c(P)c1C. The zero-order valence-corrected chi connectivity index (χ0v) is 17.5. The van der Waals surface area contributed by atoms with Crippen molar-refractivity contribution in [2.75, 3.05) is 0 Å². The molecule has 0 fully saturated rings. The molecule has 0 heterocycles. The highest BCUT2D eigenvalue weighted by Gasteiger charge is 1.99. The van der Waals surface area contributed by atoms with Crippen LogP contribution < -0.4 is 15.9 Å². The van der Waals surface area contributed by atoms with Gasteiger partial charge in [0, 0.05) is 4.47 Å². The molecule has 4 heteroatoms. The fourth-order valence-corrected chi connectivity index (χ4v) is 3.09. The molecule has 0 radical (unpaired) electrons. The Kier molecular flexibility index (Phi) is 7.31. The number of hydrogen-bond acceptors (Lipinski definition) is 0. The van der Waals surface area contributed by atoms with Gasteiger partial charge in [-0.1, -0.05) is 34.1 Å². The first-order valence-electron chi connectivity index (χ1n) is 6.37. The third-order valence-corrected chi connectivity index (χ3v) is 6.62. The van der Waals surface area contributed by atoms with Crippen molar-refractivity contribution in [2.45, 2.75) is 27.7 Å². The van der Waals surface area contributed by atoms with Gasteiger partial charge in [-0.15, -0.1) is 27.7 Å². The molecule has 0 saturated carbocycles. The summed E-state index contributed by atoms with van der Waals surface area (Å²) in [5.74, 6) is 0. The number of rotatable bonds is 0. The van der Waals surface area contributed by atoms with Gasteiger partial charge in [-0.3, -0.25) is 0 Å². The molecular formula is C16H22BrP3. The van der Waals surface area contributed by atoms with Crippen LogP contribution in [0.2, 0.25) is 0 Å². The van der Waals surface area contributed by atoms with E-state index in [9.17, 15) is 0 Å². The van der Waals surface area contributed by atoms with Crippen LogP contribution >= 0.6 is 43.6 Å². The summed E-state index contributed by atoms with van der Waals surface area (Å²) >= 11 is 3.46. The molecule has 0 spiro atoms. The summed E-state index contributed by atoms with van der Waals surface area (Å²) in [5, 5.41) is 3.81. The number of benzene rings is 2. The topological polar surface area (TPSA) is 0 Å². The molecule has 2 rings (SSSR count). The molecule has 0 saturated heterocycles. The fraction of sp³-hybridized carbons (Fsp3) is 0.250. The predicted octanol–water partition coefficient (Wildman–Crippen LogP) is 3.87. The number of hydrogen-bond donors (Lipinski definition) is 0. The molecule has 108 valence electrons. The average Bonchev–Trinajstić information content (AvgIpc) is 2.39. The van der Waals surface area contributed by atoms with E-state index in [0.29, 0.717) is 0 Å². The van der Waals surface area contributed by atoms with E-state index >= 15 is 0 Å². The van der Waals surface area contributed by atoms with Crippen molar-refractivity contribution in [2.24, 2.45) is 0 Å². The molecule has 0 amide bonds. The van der Waals surface area contributed by atoms with Crippen LogP contribution in [-0.4, -0.2) is 0 Å². The Morgan fingerprint density at radius 1 is 0.750 bits per heavy atom. The first kappa shape index (κ1) is 18.3. The van der Waals surface area contributed by atoms with Crippen LogP contribution in [0, 0.1) is 27.7 Å². The molecule has 0 bridgehead atoms. The van der Waals surface area contributed by atoms with Crippen molar-refractivity contribution in [3.8, 4) is 0 Å². The second-order valence-corrected chi connectivity index (χ2v) is 7.64. The molecule has 0 nitrogen and oxygen atoms in total. The zero-order valence-electron chi connectivity index (χ0n) is 12.4. The minimum absolute atomic E-state index is 1.17. The maximum absolute atomic E-state index is 3.46. The largest absolute Gasteiger partial charge is 0.105 e. The smallest absolute Gasteiger partial charge is 0.0249 e. The molecule has 2 aromatic carbocycles. The molecule has 0 aliphatic carbocycles. The van der Waals surface area contributed by atoms with Gasteiger partial charge in [0.05, 0.1) is 0 Å². The van der Waals surface area contributed by atoms with Crippen molar-refractivity contribution >= 4 is 59.6 Å². The fourth-order valence-electron chi connectivity index (χ4n) is 1.67. The number of aryl methyl sites for hydroxylation is 3. The van der Waals surface area contributed by atoms with E-state index in [2.05, 4.69) is 95.6 Å². The summed E-state index contributed by atoms with van der Waals surface area (Å²) < 4.78 is 1.17. The molecular weight excluding hydrogens is 365 g/mol. The van der Waals surface area contributed by atoms with E-state index < -0.39 is 0 Å². The van der Waals surface area contributed by atoms with Crippen LogP contribution in [0.5, 0.6) is 0 Å². The first-order chi connectivity index (χ1) is 9.23. The molecule has 2 aromatic rings. The van der Waals surface area contributed by atoms with Gasteiger partial charge in [0.2, 0.25) is 0 Å². The van der Waals surface area contributed by atoms with Gasteiger partial charge in [0.15, 0.2) is 0 Å². The normalized spacial score (nSPS) is 10.0. The Balaban J connectivity index is 0.000000200. The van der Waals surface area contributed by atoms with Gasteiger partial charge in [-0.05, 0) is 71.9 Å². The van der Waals surface area contributed by atoms with Gasteiger partial charge < -0.3 is 0 Å². The molecule has 0 aliphatic rings. The van der Waals surface area contributed by atoms with Crippen molar-refractivity contribution in [1.29, 1.82) is 0 Å². The summed E-state index contributed by atoms with van der Waals surface area (Å²) in [7, 11) is 8.18. The van der Waals surface area contributed by atoms with Crippen molar-refractivity contribution in [3.63, 3.8) is 0 Å². The first-order valence-corrected chi connectivity index (χ1v) is 8.90. The Bertz CT molecular complexity index is 544. The third-order valence-electron chi connectivity index (χ3n) is 3.43. The Hall–Kier alpha value is 0.210. The molecule has 3 unspecified atom stereocenters. The zero-order chi connectivity index (χ0) is 15.4. The number of halogens is 1. The van der Waals surface area contributed by atoms with Gasteiger partial charge in [-0.25, -0.2) is 0 Å². The second kappa shape index (κ2) is 8.00. The van der Waals surface area contributed by atoms with Crippen LogP contribution in [0.1, 0.15) is 22.3 Å². The lowest BCUT2D eigenvalue weighted by Crippen LogP contribution is -2.11. The van der Waals surface area contributed by atoms with Crippen LogP contribution in [0.15, 0.2) is 28.7 Å². The van der Waals surface area contributed by atoms with Crippen molar-refractivity contribution in [3.05, 3.63) is 51.0 Å². The molecule has 0 N–H and O–H groups in total.